The lowest BCUT2D eigenvalue weighted by Gasteiger charge is -2.19. The van der Waals surface area contributed by atoms with Crippen molar-refractivity contribution in [1.29, 1.82) is 0 Å². The Morgan fingerprint density at radius 1 is 0.733 bits per heavy atom. The normalized spacial score (nSPS) is 12.7. The lowest BCUT2D eigenvalue weighted by molar-refractivity contribution is -0.257. The van der Waals surface area contributed by atoms with Crippen LogP contribution in [0.2, 0.25) is 0 Å². The maximum absolute atomic E-state index is 13.6. The van der Waals surface area contributed by atoms with Crippen molar-refractivity contribution < 1.29 is 32.5 Å². The van der Waals surface area contributed by atoms with Gasteiger partial charge in [-0.25, -0.2) is 17.6 Å². The largest absolute Gasteiger partial charge is 0.346 e. The summed E-state index contributed by atoms with van der Waals surface area (Å²) in [5.74, 6) is -6.25. The predicted octanol–water partition coefficient (Wildman–Crippen LogP) is 6.53. The molecule has 1 aromatic carbocycles. The zero-order valence-corrected chi connectivity index (χ0v) is 17.9. The molecule has 174 valence electrons. The van der Waals surface area contributed by atoms with Gasteiger partial charge in [-0.15, -0.1) is 0 Å². The van der Waals surface area contributed by atoms with Crippen LogP contribution in [0.5, 0.6) is 0 Å². The van der Waals surface area contributed by atoms with Gasteiger partial charge in [-0.1, -0.05) is 71.1 Å². The van der Waals surface area contributed by atoms with Crippen LogP contribution in [0.3, 0.4) is 0 Å². The molecule has 0 spiro atoms. The molecule has 3 nitrogen and oxygen atoms in total. The van der Waals surface area contributed by atoms with Crippen molar-refractivity contribution in [1.82, 2.24) is 0 Å². The van der Waals surface area contributed by atoms with E-state index < -0.39 is 29.7 Å². The summed E-state index contributed by atoms with van der Waals surface area (Å²) in [5, 5.41) is 18.2. The molecule has 0 aliphatic heterocycles. The topological polar surface area (TPSA) is 49.7 Å². The number of benzene rings is 1. The molecule has 2 N–H and O–H groups in total. The van der Waals surface area contributed by atoms with Crippen molar-refractivity contribution in [2.24, 2.45) is 0 Å². The van der Waals surface area contributed by atoms with Crippen LogP contribution in [0.15, 0.2) is 6.07 Å². The Kier molecular flexibility index (Phi) is 14.0. The predicted molar refractivity (Wildman–Crippen MR) is 109 cm³/mol. The summed E-state index contributed by atoms with van der Waals surface area (Å²) < 4.78 is 58.2. The SMILES string of the molecule is CCCCCCCCCC(CCCCCCc1cc(F)c(F)c(F)c1F)OC(O)O. The van der Waals surface area contributed by atoms with Crippen LogP contribution in [0, 0.1) is 23.3 Å². The minimum Gasteiger partial charge on any atom is -0.346 e. The van der Waals surface area contributed by atoms with Crippen LogP contribution in [0.4, 0.5) is 17.6 Å². The zero-order valence-electron chi connectivity index (χ0n) is 17.9. The van der Waals surface area contributed by atoms with Crippen molar-refractivity contribution in [3.05, 3.63) is 34.9 Å². The van der Waals surface area contributed by atoms with Gasteiger partial charge in [-0.2, -0.15) is 0 Å². The van der Waals surface area contributed by atoms with Crippen molar-refractivity contribution in [2.45, 2.75) is 109 Å². The summed E-state index contributed by atoms with van der Waals surface area (Å²) in [7, 11) is 0. The van der Waals surface area contributed by atoms with Crippen LogP contribution in [-0.2, 0) is 11.2 Å². The summed E-state index contributed by atoms with van der Waals surface area (Å²) in [5.41, 5.74) is -0.157. The molecule has 0 saturated heterocycles. The van der Waals surface area contributed by atoms with Gasteiger partial charge < -0.3 is 14.9 Å². The molecule has 1 rings (SSSR count). The first-order chi connectivity index (χ1) is 14.4. The van der Waals surface area contributed by atoms with E-state index in [1.165, 1.54) is 32.1 Å². The quantitative estimate of drug-likeness (QED) is 0.0960. The lowest BCUT2D eigenvalue weighted by Crippen LogP contribution is -2.21. The maximum atomic E-state index is 13.6. The van der Waals surface area contributed by atoms with Crippen molar-refractivity contribution >= 4 is 0 Å². The summed E-state index contributed by atoms with van der Waals surface area (Å²) in [6.07, 6.45) is 12.4. The van der Waals surface area contributed by atoms with E-state index in [-0.39, 0.29) is 18.1 Å². The van der Waals surface area contributed by atoms with E-state index in [4.69, 9.17) is 14.9 Å². The number of unbranched alkanes of at least 4 members (excludes halogenated alkanes) is 9. The fourth-order valence-electron chi connectivity index (χ4n) is 3.63. The van der Waals surface area contributed by atoms with Crippen LogP contribution in [0.1, 0.15) is 96.0 Å². The Morgan fingerprint density at radius 2 is 1.27 bits per heavy atom. The fourth-order valence-corrected chi connectivity index (χ4v) is 3.63. The number of rotatable bonds is 17. The van der Waals surface area contributed by atoms with Crippen LogP contribution < -0.4 is 0 Å². The van der Waals surface area contributed by atoms with E-state index in [1.807, 2.05) is 0 Å². The number of halogens is 4. The molecule has 7 heteroatoms. The van der Waals surface area contributed by atoms with Gasteiger partial charge in [0, 0.05) is 0 Å². The average Bonchev–Trinajstić information content (AvgIpc) is 2.71. The Balaban J connectivity index is 2.23. The monoisotopic (exact) mass is 436 g/mol. The molecular formula is C23H36F4O3. The molecule has 0 saturated carbocycles. The molecule has 0 amide bonds. The van der Waals surface area contributed by atoms with Crippen LogP contribution in [0.25, 0.3) is 0 Å². The van der Waals surface area contributed by atoms with E-state index in [0.717, 1.165) is 32.1 Å². The van der Waals surface area contributed by atoms with Gasteiger partial charge in [0.2, 0.25) is 0 Å². The second-order valence-corrected chi connectivity index (χ2v) is 7.91. The summed E-state index contributed by atoms with van der Waals surface area (Å²) in [6.45, 7) is 0.397. The lowest BCUT2D eigenvalue weighted by atomic mass is 10.0. The summed E-state index contributed by atoms with van der Waals surface area (Å²) >= 11 is 0. The molecule has 1 atom stereocenters. The molecule has 0 aliphatic rings. The number of aliphatic hydroxyl groups is 2. The number of aryl methyl sites for hydroxylation is 1. The second-order valence-electron chi connectivity index (χ2n) is 7.91. The third-order valence-corrected chi connectivity index (χ3v) is 5.34. The number of hydrogen-bond donors (Lipinski definition) is 2. The van der Waals surface area contributed by atoms with Gasteiger partial charge in [0.15, 0.2) is 23.3 Å². The Labute approximate surface area is 177 Å². The molecule has 1 aromatic rings. The molecule has 1 unspecified atom stereocenters. The fraction of sp³-hybridized carbons (Fsp3) is 0.739. The Morgan fingerprint density at radius 3 is 1.83 bits per heavy atom. The van der Waals surface area contributed by atoms with Gasteiger partial charge in [0.1, 0.15) is 0 Å². The molecule has 0 heterocycles. The maximum Gasteiger partial charge on any atom is 0.266 e. The molecule has 0 bridgehead atoms. The third kappa shape index (κ3) is 10.7. The van der Waals surface area contributed by atoms with E-state index in [2.05, 4.69) is 6.92 Å². The van der Waals surface area contributed by atoms with Crippen molar-refractivity contribution in [3.63, 3.8) is 0 Å². The molecule has 0 fully saturated rings. The van der Waals surface area contributed by atoms with Gasteiger partial charge in [-0.3, -0.25) is 0 Å². The highest BCUT2D eigenvalue weighted by Gasteiger charge is 2.18. The Bertz CT molecular complexity index is 596. The molecule has 0 aromatic heterocycles. The zero-order chi connectivity index (χ0) is 22.4. The first-order valence-corrected chi connectivity index (χ1v) is 11.2. The minimum atomic E-state index is -1.79. The number of hydrogen-bond acceptors (Lipinski definition) is 3. The van der Waals surface area contributed by atoms with E-state index in [9.17, 15) is 17.6 Å². The van der Waals surface area contributed by atoms with Crippen LogP contribution >= 0.6 is 0 Å². The van der Waals surface area contributed by atoms with E-state index in [1.54, 1.807) is 0 Å². The van der Waals surface area contributed by atoms with Crippen molar-refractivity contribution in [3.8, 4) is 0 Å². The molecule has 30 heavy (non-hydrogen) atoms. The molecular weight excluding hydrogens is 400 g/mol. The minimum absolute atomic E-state index is 0.132. The first-order valence-electron chi connectivity index (χ1n) is 11.2. The third-order valence-electron chi connectivity index (χ3n) is 5.34. The highest BCUT2D eigenvalue weighted by Crippen LogP contribution is 2.21. The summed E-state index contributed by atoms with van der Waals surface area (Å²) in [6, 6.07) is 0.711. The van der Waals surface area contributed by atoms with Gasteiger partial charge in [0.25, 0.3) is 6.48 Å². The van der Waals surface area contributed by atoms with Crippen LogP contribution in [-0.4, -0.2) is 22.8 Å². The van der Waals surface area contributed by atoms with Gasteiger partial charge >= 0.3 is 0 Å². The summed E-state index contributed by atoms with van der Waals surface area (Å²) in [4.78, 5) is 0. The smallest absolute Gasteiger partial charge is 0.266 e. The number of aliphatic hydroxyl groups excluding tert-OH is 1. The first kappa shape index (κ1) is 26.9. The average molecular weight is 437 g/mol. The molecule has 0 radical (unpaired) electrons. The molecule has 0 aliphatic carbocycles. The second kappa shape index (κ2) is 15.6. The highest BCUT2D eigenvalue weighted by molar-refractivity contribution is 5.21. The van der Waals surface area contributed by atoms with E-state index >= 15 is 0 Å². The number of ether oxygens (including phenoxy) is 1. The van der Waals surface area contributed by atoms with Gasteiger partial charge in [-0.05, 0) is 37.3 Å². The highest BCUT2D eigenvalue weighted by atomic mass is 19.2. The van der Waals surface area contributed by atoms with Gasteiger partial charge in [0.05, 0.1) is 6.10 Å². The Hall–Kier alpha value is -1.18. The van der Waals surface area contributed by atoms with E-state index in [0.29, 0.717) is 25.3 Å². The van der Waals surface area contributed by atoms with Crippen molar-refractivity contribution in [2.75, 3.05) is 0 Å². The standard InChI is InChI=1S/C23H36F4O3/c1-2-3-4-5-6-7-11-14-18(30-23(28)29)15-12-9-8-10-13-17-16-19(24)21(26)22(27)20(17)25/h16,18,23,28-29H,2-15H2,1H3.